The Hall–Kier alpha value is -1.39. The molecule has 0 saturated carbocycles. The van der Waals surface area contributed by atoms with Crippen molar-refractivity contribution in [2.45, 2.75) is 6.54 Å². The molecule has 0 N–H and O–H groups in total. The van der Waals surface area contributed by atoms with Crippen LogP contribution < -0.4 is 0 Å². The van der Waals surface area contributed by atoms with Crippen LogP contribution in [-0.2, 0) is 11.3 Å². The fraction of sp³-hybridized carbons (Fsp3) is 0.500. The van der Waals surface area contributed by atoms with Gasteiger partial charge in [0.25, 0.3) is 0 Å². The van der Waals surface area contributed by atoms with E-state index in [1.54, 1.807) is 6.07 Å². The molecule has 0 bridgehead atoms. The summed E-state index contributed by atoms with van der Waals surface area (Å²) in [6.45, 7) is 5.28. The Morgan fingerprint density at radius 2 is 2.00 bits per heavy atom. The number of hydrogen-bond donors (Lipinski definition) is 0. The number of nitrogens with zero attached hydrogens (tertiary/aromatic N) is 2. The molecule has 0 spiro atoms. The number of piperazine rings is 1. The first kappa shape index (κ1) is 13.1. The third kappa shape index (κ3) is 3.31. The van der Waals surface area contributed by atoms with Crippen LogP contribution in [0, 0.1) is 0 Å². The van der Waals surface area contributed by atoms with E-state index in [0.29, 0.717) is 5.56 Å². The molecule has 1 aliphatic heterocycles. The highest BCUT2D eigenvalue weighted by atomic mass is 16.5. The number of ether oxygens (including phenoxy) is 1. The predicted molar refractivity (Wildman–Crippen MR) is 70.6 cm³/mol. The summed E-state index contributed by atoms with van der Waals surface area (Å²) in [6.07, 6.45) is 0. The summed E-state index contributed by atoms with van der Waals surface area (Å²) in [4.78, 5) is 16.2. The predicted octanol–water partition coefficient (Wildman–Crippen LogP) is 1.22. The molecule has 4 nitrogen and oxygen atoms in total. The van der Waals surface area contributed by atoms with Crippen LogP contribution in [0.3, 0.4) is 0 Å². The lowest BCUT2D eigenvalue weighted by molar-refractivity contribution is 0.0600. The first-order valence-electron chi connectivity index (χ1n) is 6.27. The van der Waals surface area contributed by atoms with Gasteiger partial charge in [0, 0.05) is 32.7 Å². The van der Waals surface area contributed by atoms with Crippen molar-refractivity contribution in [3.8, 4) is 0 Å². The van der Waals surface area contributed by atoms with E-state index in [9.17, 15) is 4.79 Å². The summed E-state index contributed by atoms with van der Waals surface area (Å²) in [7, 11) is 3.56. The highest BCUT2D eigenvalue weighted by molar-refractivity contribution is 5.89. The molecule has 0 atom stereocenters. The Kier molecular flexibility index (Phi) is 4.33. The van der Waals surface area contributed by atoms with E-state index in [-0.39, 0.29) is 5.97 Å². The van der Waals surface area contributed by atoms with Crippen LogP contribution in [0.2, 0.25) is 0 Å². The molecule has 1 fully saturated rings. The van der Waals surface area contributed by atoms with Crippen molar-refractivity contribution < 1.29 is 9.53 Å². The Bertz CT molecular complexity index is 412. The fourth-order valence-corrected chi connectivity index (χ4v) is 2.18. The summed E-state index contributed by atoms with van der Waals surface area (Å²) >= 11 is 0. The number of esters is 1. The Balaban J connectivity index is 1.99. The average molecular weight is 248 g/mol. The molecule has 1 aromatic carbocycles. The molecule has 1 aromatic rings. The second-order valence-electron chi connectivity index (χ2n) is 4.77. The van der Waals surface area contributed by atoms with Gasteiger partial charge in [-0.05, 0) is 24.7 Å². The molecule has 0 unspecified atom stereocenters. The van der Waals surface area contributed by atoms with Crippen molar-refractivity contribution >= 4 is 5.97 Å². The molecule has 0 radical (unpaired) electrons. The van der Waals surface area contributed by atoms with Crippen molar-refractivity contribution in [2.24, 2.45) is 0 Å². The van der Waals surface area contributed by atoms with Crippen LogP contribution in [0.1, 0.15) is 15.9 Å². The summed E-state index contributed by atoms with van der Waals surface area (Å²) in [6, 6.07) is 7.69. The van der Waals surface area contributed by atoms with E-state index < -0.39 is 0 Å². The Labute approximate surface area is 108 Å². The van der Waals surface area contributed by atoms with Crippen LogP contribution in [0.15, 0.2) is 24.3 Å². The molecule has 4 heteroatoms. The van der Waals surface area contributed by atoms with Gasteiger partial charge in [-0.2, -0.15) is 0 Å². The highest BCUT2D eigenvalue weighted by Gasteiger charge is 2.14. The van der Waals surface area contributed by atoms with Gasteiger partial charge in [0.15, 0.2) is 0 Å². The lowest BCUT2D eigenvalue weighted by atomic mass is 10.1. The Morgan fingerprint density at radius 1 is 1.28 bits per heavy atom. The molecule has 98 valence electrons. The van der Waals surface area contributed by atoms with Crippen LogP contribution in [0.5, 0.6) is 0 Å². The molecular formula is C14H20N2O2. The monoisotopic (exact) mass is 248 g/mol. The van der Waals surface area contributed by atoms with Crippen molar-refractivity contribution in [3.05, 3.63) is 35.4 Å². The minimum Gasteiger partial charge on any atom is -0.465 e. The third-order valence-electron chi connectivity index (χ3n) is 3.35. The van der Waals surface area contributed by atoms with Crippen LogP contribution in [0.4, 0.5) is 0 Å². The van der Waals surface area contributed by atoms with Crippen LogP contribution >= 0.6 is 0 Å². The molecule has 0 aliphatic carbocycles. The van der Waals surface area contributed by atoms with Gasteiger partial charge < -0.3 is 9.64 Å². The van der Waals surface area contributed by atoms with E-state index in [1.165, 1.54) is 12.7 Å². The van der Waals surface area contributed by atoms with Gasteiger partial charge in [-0.15, -0.1) is 0 Å². The molecule has 0 amide bonds. The summed E-state index contributed by atoms with van der Waals surface area (Å²) in [5.74, 6) is -0.268. The van der Waals surface area contributed by atoms with E-state index in [1.807, 2.05) is 12.1 Å². The maximum absolute atomic E-state index is 11.5. The molecular weight excluding hydrogens is 228 g/mol. The van der Waals surface area contributed by atoms with Gasteiger partial charge in [-0.1, -0.05) is 12.1 Å². The maximum Gasteiger partial charge on any atom is 0.337 e. The van der Waals surface area contributed by atoms with Crippen molar-refractivity contribution in [2.75, 3.05) is 40.3 Å². The number of methoxy groups -OCH3 is 1. The number of likely N-dealkylation sites (N-methyl/N-ethyl adjacent to an activating group) is 1. The van der Waals surface area contributed by atoms with Crippen LogP contribution in [0.25, 0.3) is 0 Å². The molecule has 1 heterocycles. The molecule has 18 heavy (non-hydrogen) atoms. The topological polar surface area (TPSA) is 32.8 Å². The van der Waals surface area contributed by atoms with E-state index in [4.69, 9.17) is 4.74 Å². The second kappa shape index (κ2) is 5.98. The van der Waals surface area contributed by atoms with E-state index >= 15 is 0 Å². The summed E-state index contributed by atoms with van der Waals surface area (Å²) in [5.41, 5.74) is 1.80. The zero-order valence-corrected chi connectivity index (χ0v) is 11.1. The molecule has 1 saturated heterocycles. The largest absolute Gasteiger partial charge is 0.465 e. The lowest BCUT2D eigenvalue weighted by Crippen LogP contribution is -2.43. The van der Waals surface area contributed by atoms with E-state index in [0.717, 1.165) is 32.7 Å². The maximum atomic E-state index is 11.5. The number of carbonyl (C=O) groups is 1. The minimum absolute atomic E-state index is 0.268. The van der Waals surface area contributed by atoms with Gasteiger partial charge in [0.1, 0.15) is 0 Å². The average Bonchev–Trinajstić information content (AvgIpc) is 2.41. The Morgan fingerprint density at radius 3 is 2.67 bits per heavy atom. The molecule has 1 aliphatic rings. The number of carbonyl (C=O) groups excluding carboxylic acids is 1. The first-order valence-corrected chi connectivity index (χ1v) is 6.27. The van der Waals surface area contributed by atoms with Crippen molar-refractivity contribution in [1.29, 1.82) is 0 Å². The van der Waals surface area contributed by atoms with Crippen LogP contribution in [-0.4, -0.2) is 56.1 Å². The number of rotatable bonds is 3. The zero-order valence-electron chi connectivity index (χ0n) is 11.1. The molecule has 2 rings (SSSR count). The highest BCUT2D eigenvalue weighted by Crippen LogP contribution is 2.11. The standard InChI is InChI=1S/C14H20N2O2/c1-15-6-8-16(9-7-15)11-12-4-3-5-13(10-12)14(17)18-2/h3-5,10H,6-9,11H2,1-2H3. The molecule has 0 aromatic heterocycles. The normalized spacial score (nSPS) is 17.7. The smallest absolute Gasteiger partial charge is 0.337 e. The van der Waals surface area contributed by atoms with Gasteiger partial charge in [0.2, 0.25) is 0 Å². The third-order valence-corrected chi connectivity index (χ3v) is 3.35. The summed E-state index contributed by atoms with van der Waals surface area (Å²) in [5, 5.41) is 0. The number of hydrogen-bond acceptors (Lipinski definition) is 4. The fourth-order valence-electron chi connectivity index (χ4n) is 2.18. The van der Waals surface area contributed by atoms with Gasteiger partial charge in [0.05, 0.1) is 12.7 Å². The minimum atomic E-state index is -0.268. The van der Waals surface area contributed by atoms with Gasteiger partial charge in [-0.25, -0.2) is 4.79 Å². The van der Waals surface area contributed by atoms with Gasteiger partial charge in [-0.3, -0.25) is 4.90 Å². The summed E-state index contributed by atoms with van der Waals surface area (Å²) < 4.78 is 4.74. The quantitative estimate of drug-likeness (QED) is 0.753. The zero-order chi connectivity index (χ0) is 13.0. The second-order valence-corrected chi connectivity index (χ2v) is 4.77. The lowest BCUT2D eigenvalue weighted by Gasteiger charge is -2.32. The van der Waals surface area contributed by atoms with E-state index in [2.05, 4.69) is 22.9 Å². The first-order chi connectivity index (χ1) is 8.69. The number of benzene rings is 1. The SMILES string of the molecule is COC(=O)c1cccc(CN2CCN(C)CC2)c1. The van der Waals surface area contributed by atoms with Gasteiger partial charge >= 0.3 is 5.97 Å². The van der Waals surface area contributed by atoms with Crippen molar-refractivity contribution in [3.63, 3.8) is 0 Å². The van der Waals surface area contributed by atoms with Crippen molar-refractivity contribution in [1.82, 2.24) is 9.80 Å².